The van der Waals surface area contributed by atoms with Gasteiger partial charge in [0.15, 0.2) is 6.10 Å². The highest BCUT2D eigenvalue weighted by Gasteiger charge is 2.33. The standard InChI is InChI=1S/C6H5ClFO/c7-6(8)4-2-1-3-5(6)9/h1-5H. The van der Waals surface area contributed by atoms with E-state index in [1.807, 2.05) is 0 Å². The molecule has 1 nitrogen and oxygen atoms in total. The van der Waals surface area contributed by atoms with Gasteiger partial charge in [-0.3, -0.25) is 0 Å². The van der Waals surface area contributed by atoms with Crippen molar-refractivity contribution in [3.8, 4) is 0 Å². The van der Waals surface area contributed by atoms with Crippen LogP contribution in [-0.2, 0) is 5.11 Å². The van der Waals surface area contributed by atoms with Crippen LogP contribution in [0.25, 0.3) is 0 Å². The van der Waals surface area contributed by atoms with E-state index in [2.05, 4.69) is 0 Å². The van der Waals surface area contributed by atoms with Gasteiger partial charge < -0.3 is 0 Å². The molecular weight excluding hydrogens is 143 g/mol. The minimum absolute atomic E-state index is 1.05. The molecule has 1 rings (SSSR count). The van der Waals surface area contributed by atoms with Gasteiger partial charge in [-0.1, -0.05) is 23.8 Å². The molecule has 0 aromatic rings. The molecule has 1 aliphatic carbocycles. The minimum atomic E-state index is -2.21. The normalized spacial score (nSPS) is 41.4. The zero-order chi connectivity index (χ0) is 6.91. The smallest absolute Gasteiger partial charge is 0.223 e. The van der Waals surface area contributed by atoms with E-state index < -0.39 is 11.2 Å². The zero-order valence-electron chi connectivity index (χ0n) is 4.55. The van der Waals surface area contributed by atoms with Crippen LogP contribution in [0.4, 0.5) is 4.39 Å². The topological polar surface area (TPSA) is 19.9 Å². The molecule has 0 spiro atoms. The summed E-state index contributed by atoms with van der Waals surface area (Å²) in [5, 5.41) is 8.34. The third-order valence-corrected chi connectivity index (χ3v) is 1.44. The molecule has 0 amide bonds. The number of allylic oxidation sites excluding steroid dienone is 2. The van der Waals surface area contributed by atoms with Crippen LogP contribution >= 0.6 is 11.6 Å². The van der Waals surface area contributed by atoms with Crippen molar-refractivity contribution in [2.75, 3.05) is 0 Å². The van der Waals surface area contributed by atoms with Crippen LogP contribution < -0.4 is 0 Å². The van der Waals surface area contributed by atoms with Crippen molar-refractivity contribution in [3.63, 3.8) is 0 Å². The van der Waals surface area contributed by atoms with Gasteiger partial charge >= 0.3 is 0 Å². The largest absolute Gasteiger partial charge is 0.234 e. The Balaban J connectivity index is 2.78. The lowest BCUT2D eigenvalue weighted by Crippen LogP contribution is -2.28. The van der Waals surface area contributed by atoms with Crippen molar-refractivity contribution < 1.29 is 9.50 Å². The maximum absolute atomic E-state index is 12.6. The molecule has 0 bridgehead atoms. The first-order valence-corrected chi connectivity index (χ1v) is 2.90. The van der Waals surface area contributed by atoms with Crippen LogP contribution in [0.3, 0.4) is 0 Å². The third kappa shape index (κ3) is 1.32. The molecule has 0 saturated heterocycles. The predicted octanol–water partition coefficient (Wildman–Crippen LogP) is 1.82. The molecule has 0 saturated carbocycles. The highest BCUT2D eigenvalue weighted by molar-refractivity contribution is 6.24. The van der Waals surface area contributed by atoms with Gasteiger partial charge in [-0.2, -0.15) is 0 Å². The minimum Gasteiger partial charge on any atom is -0.223 e. The summed E-state index contributed by atoms with van der Waals surface area (Å²) in [6.45, 7) is 0. The van der Waals surface area contributed by atoms with Crippen LogP contribution in [0, 0.1) is 0 Å². The van der Waals surface area contributed by atoms with Crippen molar-refractivity contribution in [2.24, 2.45) is 0 Å². The fraction of sp³-hybridized carbons (Fsp3) is 0.333. The summed E-state index contributed by atoms with van der Waals surface area (Å²) in [7, 11) is 0. The fourth-order valence-corrected chi connectivity index (χ4v) is 0.718. The lowest BCUT2D eigenvalue weighted by Gasteiger charge is -2.17. The van der Waals surface area contributed by atoms with Crippen molar-refractivity contribution in [1.82, 2.24) is 0 Å². The van der Waals surface area contributed by atoms with E-state index in [9.17, 15) is 9.50 Å². The first-order chi connectivity index (χ1) is 4.13. The quantitative estimate of drug-likeness (QED) is 0.466. The Bertz CT molecular complexity index is 162. The Hall–Kier alpha value is -0.340. The van der Waals surface area contributed by atoms with E-state index in [0.717, 1.165) is 6.08 Å². The molecule has 2 atom stereocenters. The molecule has 0 fully saturated rings. The zero-order valence-corrected chi connectivity index (χ0v) is 5.31. The second-order valence-electron chi connectivity index (χ2n) is 1.84. The molecular formula is C6H5ClFO. The Labute approximate surface area is 57.4 Å². The van der Waals surface area contributed by atoms with Crippen LogP contribution in [0.1, 0.15) is 0 Å². The van der Waals surface area contributed by atoms with Gasteiger partial charge in [-0.05, 0) is 12.2 Å². The van der Waals surface area contributed by atoms with Crippen molar-refractivity contribution >= 4 is 11.6 Å². The Morgan fingerprint density at radius 2 is 2.22 bits per heavy atom. The van der Waals surface area contributed by atoms with Gasteiger partial charge in [0.2, 0.25) is 5.13 Å². The molecule has 1 aliphatic rings. The van der Waals surface area contributed by atoms with Gasteiger partial charge in [0.25, 0.3) is 0 Å². The summed E-state index contributed by atoms with van der Waals surface area (Å²) < 4.78 is 12.6. The molecule has 0 heterocycles. The van der Waals surface area contributed by atoms with Crippen LogP contribution in [-0.4, -0.2) is 11.2 Å². The SMILES string of the molecule is [O]C1C=CC=CC1(F)Cl. The summed E-state index contributed by atoms with van der Waals surface area (Å²) in [5.41, 5.74) is 0. The molecule has 0 aromatic carbocycles. The van der Waals surface area contributed by atoms with Gasteiger partial charge in [0.1, 0.15) is 0 Å². The van der Waals surface area contributed by atoms with Crippen molar-refractivity contribution in [2.45, 2.75) is 11.2 Å². The maximum atomic E-state index is 12.6. The van der Waals surface area contributed by atoms with E-state index in [-0.39, 0.29) is 0 Å². The highest BCUT2D eigenvalue weighted by atomic mass is 35.5. The van der Waals surface area contributed by atoms with E-state index in [0.29, 0.717) is 0 Å². The summed E-state index contributed by atoms with van der Waals surface area (Å²) in [6, 6.07) is 0. The van der Waals surface area contributed by atoms with Crippen molar-refractivity contribution in [1.29, 1.82) is 0 Å². The Kier molecular flexibility index (Phi) is 1.60. The van der Waals surface area contributed by atoms with E-state index in [4.69, 9.17) is 11.6 Å². The lowest BCUT2D eigenvalue weighted by atomic mass is 10.1. The third-order valence-electron chi connectivity index (χ3n) is 1.09. The second-order valence-corrected chi connectivity index (χ2v) is 2.42. The summed E-state index contributed by atoms with van der Waals surface area (Å²) >= 11 is 5.11. The van der Waals surface area contributed by atoms with Crippen molar-refractivity contribution in [3.05, 3.63) is 24.3 Å². The molecule has 0 aliphatic heterocycles. The Morgan fingerprint density at radius 3 is 2.56 bits per heavy atom. The van der Waals surface area contributed by atoms with Gasteiger partial charge in [0.05, 0.1) is 0 Å². The lowest BCUT2D eigenvalue weighted by molar-refractivity contribution is 0.0521. The molecule has 0 N–H and O–H groups in total. The summed E-state index contributed by atoms with van der Waals surface area (Å²) in [6.07, 6.45) is 3.67. The van der Waals surface area contributed by atoms with E-state index >= 15 is 0 Å². The van der Waals surface area contributed by atoms with Gasteiger partial charge in [-0.25, -0.2) is 9.50 Å². The fourth-order valence-electron chi connectivity index (χ4n) is 0.572. The molecule has 9 heavy (non-hydrogen) atoms. The molecule has 49 valence electrons. The maximum Gasteiger partial charge on any atom is 0.234 e. The monoisotopic (exact) mass is 147 g/mol. The average Bonchev–Trinajstić information content (AvgIpc) is 1.77. The number of hydrogen-bond donors (Lipinski definition) is 0. The van der Waals surface area contributed by atoms with Gasteiger partial charge in [0, 0.05) is 0 Å². The molecule has 1 radical (unpaired) electrons. The summed E-state index contributed by atoms with van der Waals surface area (Å²) in [4.78, 5) is 0. The van der Waals surface area contributed by atoms with Crippen LogP contribution in [0.2, 0.25) is 0 Å². The van der Waals surface area contributed by atoms with Crippen LogP contribution in [0.5, 0.6) is 0 Å². The molecule has 2 unspecified atom stereocenters. The number of alkyl halides is 2. The Morgan fingerprint density at radius 1 is 1.56 bits per heavy atom. The first-order valence-electron chi connectivity index (χ1n) is 2.52. The number of hydrogen-bond acceptors (Lipinski definition) is 0. The summed E-state index contributed by atoms with van der Waals surface area (Å²) in [5.74, 6) is 0. The second kappa shape index (κ2) is 2.12. The van der Waals surface area contributed by atoms with Gasteiger partial charge in [-0.15, -0.1) is 0 Å². The van der Waals surface area contributed by atoms with Crippen LogP contribution in [0.15, 0.2) is 24.3 Å². The highest BCUT2D eigenvalue weighted by Crippen LogP contribution is 2.27. The number of rotatable bonds is 0. The average molecular weight is 148 g/mol. The van der Waals surface area contributed by atoms with E-state index in [1.54, 1.807) is 0 Å². The molecule has 0 aromatic heterocycles. The molecule has 3 heteroatoms. The van der Waals surface area contributed by atoms with E-state index in [1.165, 1.54) is 18.2 Å². The first kappa shape index (κ1) is 6.78. The number of halogens is 2. The predicted molar refractivity (Wildman–Crippen MR) is 32.4 cm³/mol.